The van der Waals surface area contributed by atoms with Crippen LogP contribution in [-0.4, -0.2) is 36.5 Å². The van der Waals surface area contributed by atoms with Crippen molar-refractivity contribution in [2.24, 2.45) is 0 Å². The molecule has 2 amide bonds. The molecule has 0 fully saturated rings. The molecule has 2 rings (SSSR count). The fourth-order valence-corrected chi connectivity index (χ4v) is 2.34. The minimum Gasteiger partial charge on any atom is -0.330 e. The molecule has 2 aromatic rings. The SMILES string of the molecule is CN(C)C[C@@H](NC(=O)Nc1ccccc1[N+](=O)[O-])c1ccccc1. The highest BCUT2D eigenvalue weighted by atomic mass is 16.6. The summed E-state index contributed by atoms with van der Waals surface area (Å²) in [7, 11) is 3.83. The van der Waals surface area contributed by atoms with E-state index < -0.39 is 11.0 Å². The quantitative estimate of drug-likeness (QED) is 0.630. The lowest BCUT2D eigenvalue weighted by Gasteiger charge is -2.23. The van der Waals surface area contributed by atoms with Gasteiger partial charge in [-0.2, -0.15) is 0 Å². The number of carbonyl (C=O) groups excluding carboxylic acids is 1. The number of hydrogen-bond acceptors (Lipinski definition) is 4. The van der Waals surface area contributed by atoms with Crippen LogP contribution in [0.3, 0.4) is 0 Å². The van der Waals surface area contributed by atoms with Gasteiger partial charge in [0.25, 0.3) is 5.69 Å². The first-order chi connectivity index (χ1) is 11.5. The molecule has 2 N–H and O–H groups in total. The van der Waals surface area contributed by atoms with E-state index in [0.29, 0.717) is 6.54 Å². The zero-order valence-corrected chi connectivity index (χ0v) is 13.6. The summed E-state index contributed by atoms with van der Waals surface area (Å²) in [4.78, 5) is 24.7. The largest absolute Gasteiger partial charge is 0.330 e. The molecule has 0 aliphatic rings. The number of anilines is 1. The van der Waals surface area contributed by atoms with Crippen molar-refractivity contribution < 1.29 is 9.72 Å². The Labute approximate surface area is 140 Å². The van der Waals surface area contributed by atoms with Gasteiger partial charge in [-0.25, -0.2) is 4.79 Å². The van der Waals surface area contributed by atoms with E-state index in [1.54, 1.807) is 12.1 Å². The van der Waals surface area contributed by atoms with Crippen LogP contribution in [-0.2, 0) is 0 Å². The highest BCUT2D eigenvalue weighted by molar-refractivity contribution is 5.92. The summed E-state index contributed by atoms with van der Waals surface area (Å²) in [5, 5.41) is 16.4. The summed E-state index contributed by atoms with van der Waals surface area (Å²) in [5.74, 6) is 0. The minimum atomic E-state index is -0.524. The van der Waals surface area contributed by atoms with Gasteiger partial charge >= 0.3 is 6.03 Å². The molecule has 0 heterocycles. The summed E-state index contributed by atoms with van der Waals surface area (Å²) in [6, 6.07) is 14.9. The summed E-state index contributed by atoms with van der Waals surface area (Å²) in [6.45, 7) is 0.605. The average molecular weight is 328 g/mol. The van der Waals surface area contributed by atoms with Gasteiger partial charge in [0.05, 0.1) is 11.0 Å². The van der Waals surface area contributed by atoms with Gasteiger partial charge in [-0.15, -0.1) is 0 Å². The summed E-state index contributed by atoms with van der Waals surface area (Å²) < 4.78 is 0. The first-order valence-electron chi connectivity index (χ1n) is 7.48. The molecule has 0 spiro atoms. The summed E-state index contributed by atoms with van der Waals surface area (Å²) >= 11 is 0. The second-order valence-corrected chi connectivity index (χ2v) is 5.60. The monoisotopic (exact) mass is 328 g/mol. The van der Waals surface area contributed by atoms with Gasteiger partial charge < -0.3 is 15.5 Å². The zero-order valence-electron chi connectivity index (χ0n) is 13.6. The van der Waals surface area contributed by atoms with E-state index in [2.05, 4.69) is 10.6 Å². The van der Waals surface area contributed by atoms with E-state index in [1.807, 2.05) is 49.3 Å². The van der Waals surface area contributed by atoms with Crippen LogP contribution in [0.4, 0.5) is 16.2 Å². The van der Waals surface area contributed by atoms with Crippen LogP contribution in [0, 0.1) is 10.1 Å². The highest BCUT2D eigenvalue weighted by Gasteiger charge is 2.18. The Bertz CT molecular complexity index is 704. The van der Waals surface area contributed by atoms with E-state index in [0.717, 1.165) is 5.56 Å². The fourth-order valence-electron chi connectivity index (χ4n) is 2.34. The van der Waals surface area contributed by atoms with Crippen molar-refractivity contribution >= 4 is 17.4 Å². The maximum atomic E-state index is 12.3. The smallest absolute Gasteiger partial charge is 0.319 e. The number of hydrogen-bond donors (Lipinski definition) is 2. The molecule has 0 bridgehead atoms. The van der Waals surface area contributed by atoms with Gasteiger partial charge in [-0.05, 0) is 25.7 Å². The van der Waals surface area contributed by atoms with Crippen molar-refractivity contribution in [1.29, 1.82) is 0 Å². The highest BCUT2D eigenvalue weighted by Crippen LogP contribution is 2.23. The topological polar surface area (TPSA) is 87.5 Å². The normalized spacial score (nSPS) is 11.8. The number of benzene rings is 2. The molecule has 0 unspecified atom stereocenters. The molecule has 1 atom stereocenters. The van der Waals surface area contributed by atoms with Crippen molar-refractivity contribution in [3.8, 4) is 0 Å². The van der Waals surface area contributed by atoms with E-state index >= 15 is 0 Å². The van der Waals surface area contributed by atoms with Gasteiger partial charge in [-0.3, -0.25) is 10.1 Å². The molecule has 0 aliphatic heterocycles. The first kappa shape index (κ1) is 17.4. The Morgan fingerprint density at radius 3 is 2.38 bits per heavy atom. The number of nitro benzene ring substituents is 1. The Balaban J connectivity index is 2.12. The predicted molar refractivity (Wildman–Crippen MR) is 93.0 cm³/mol. The van der Waals surface area contributed by atoms with Crippen LogP contribution in [0.1, 0.15) is 11.6 Å². The van der Waals surface area contributed by atoms with E-state index in [9.17, 15) is 14.9 Å². The maximum absolute atomic E-state index is 12.3. The second kappa shape index (κ2) is 8.07. The maximum Gasteiger partial charge on any atom is 0.319 e. The molecule has 2 aromatic carbocycles. The predicted octanol–water partition coefficient (Wildman–Crippen LogP) is 3.02. The average Bonchev–Trinajstić information content (AvgIpc) is 2.55. The molecule has 24 heavy (non-hydrogen) atoms. The number of carbonyl (C=O) groups is 1. The summed E-state index contributed by atoms with van der Waals surface area (Å²) in [6.07, 6.45) is 0. The van der Waals surface area contributed by atoms with Crippen molar-refractivity contribution in [3.05, 3.63) is 70.3 Å². The number of rotatable bonds is 6. The number of amides is 2. The zero-order chi connectivity index (χ0) is 17.5. The Morgan fingerprint density at radius 2 is 1.75 bits per heavy atom. The molecular formula is C17H20N4O3. The Hall–Kier alpha value is -2.93. The molecule has 0 aromatic heterocycles. The van der Waals surface area contributed by atoms with Crippen molar-refractivity contribution in [2.45, 2.75) is 6.04 Å². The molecule has 126 valence electrons. The number of nitro groups is 1. The number of likely N-dealkylation sites (N-methyl/N-ethyl adjacent to an activating group) is 1. The molecule has 7 nitrogen and oxygen atoms in total. The van der Waals surface area contributed by atoms with E-state index in [-0.39, 0.29) is 17.4 Å². The fraction of sp³-hybridized carbons (Fsp3) is 0.235. The van der Waals surface area contributed by atoms with E-state index in [1.165, 1.54) is 12.1 Å². The molecule has 0 aliphatic carbocycles. The van der Waals surface area contributed by atoms with Gasteiger partial charge in [0.2, 0.25) is 0 Å². The van der Waals surface area contributed by atoms with Crippen LogP contribution in [0.2, 0.25) is 0 Å². The van der Waals surface area contributed by atoms with Crippen LogP contribution in [0.25, 0.3) is 0 Å². The number of nitrogens with one attached hydrogen (secondary N) is 2. The van der Waals surface area contributed by atoms with Crippen LogP contribution >= 0.6 is 0 Å². The second-order valence-electron chi connectivity index (χ2n) is 5.60. The third-order valence-electron chi connectivity index (χ3n) is 3.40. The van der Waals surface area contributed by atoms with Crippen LogP contribution < -0.4 is 10.6 Å². The lowest BCUT2D eigenvalue weighted by Crippen LogP contribution is -2.37. The first-order valence-corrected chi connectivity index (χ1v) is 7.48. The minimum absolute atomic E-state index is 0.142. The lowest BCUT2D eigenvalue weighted by molar-refractivity contribution is -0.383. The van der Waals surface area contributed by atoms with Gasteiger partial charge in [0, 0.05) is 12.6 Å². The van der Waals surface area contributed by atoms with Gasteiger partial charge in [0.15, 0.2) is 0 Å². The Morgan fingerprint density at radius 1 is 1.12 bits per heavy atom. The standard InChI is InChI=1S/C17H20N4O3/c1-20(2)12-15(13-8-4-3-5-9-13)19-17(22)18-14-10-6-7-11-16(14)21(23)24/h3-11,15H,12H2,1-2H3,(H2,18,19,22)/t15-/m1/s1. The lowest BCUT2D eigenvalue weighted by atomic mass is 10.1. The van der Waals surface area contributed by atoms with Crippen molar-refractivity contribution in [3.63, 3.8) is 0 Å². The molecule has 0 saturated carbocycles. The van der Waals surface area contributed by atoms with Crippen molar-refractivity contribution in [1.82, 2.24) is 10.2 Å². The third kappa shape index (κ3) is 4.79. The van der Waals surface area contributed by atoms with Gasteiger partial charge in [0.1, 0.15) is 5.69 Å². The number of nitrogens with zero attached hydrogens (tertiary/aromatic N) is 2. The molecule has 0 radical (unpaired) electrons. The summed E-state index contributed by atoms with van der Waals surface area (Å²) in [5.41, 5.74) is 0.983. The number of para-hydroxylation sites is 2. The molecule has 7 heteroatoms. The third-order valence-corrected chi connectivity index (χ3v) is 3.40. The van der Waals surface area contributed by atoms with Crippen molar-refractivity contribution in [2.75, 3.05) is 26.0 Å². The van der Waals surface area contributed by atoms with Crippen LogP contribution in [0.5, 0.6) is 0 Å². The van der Waals surface area contributed by atoms with Crippen LogP contribution in [0.15, 0.2) is 54.6 Å². The number of urea groups is 1. The molecule has 0 saturated heterocycles. The van der Waals surface area contributed by atoms with Gasteiger partial charge in [-0.1, -0.05) is 42.5 Å². The Kier molecular flexibility index (Phi) is 5.86. The molecular weight excluding hydrogens is 308 g/mol. The van der Waals surface area contributed by atoms with E-state index in [4.69, 9.17) is 0 Å².